The van der Waals surface area contributed by atoms with E-state index >= 15 is 0 Å². The summed E-state index contributed by atoms with van der Waals surface area (Å²) in [5, 5.41) is 2.92. The molecule has 5 heteroatoms. The first kappa shape index (κ1) is 18.8. The molecule has 5 nitrogen and oxygen atoms in total. The quantitative estimate of drug-likeness (QED) is 0.627. The highest BCUT2D eigenvalue weighted by Gasteiger charge is 2.48. The Balaban J connectivity index is 2.51. The van der Waals surface area contributed by atoms with Crippen LogP contribution in [0.4, 0.5) is 0 Å². The summed E-state index contributed by atoms with van der Waals surface area (Å²) in [6, 6.07) is 0. The lowest BCUT2D eigenvalue weighted by Gasteiger charge is -2.18. The summed E-state index contributed by atoms with van der Waals surface area (Å²) in [6.45, 7) is 10.3. The molecule has 1 amide bonds. The molecule has 1 fully saturated rings. The summed E-state index contributed by atoms with van der Waals surface area (Å²) >= 11 is 0. The van der Waals surface area contributed by atoms with Crippen molar-refractivity contribution in [1.82, 2.24) is 5.32 Å². The van der Waals surface area contributed by atoms with Crippen molar-refractivity contribution in [2.45, 2.75) is 66.1 Å². The molecule has 1 aliphatic rings. The lowest BCUT2D eigenvalue weighted by molar-refractivity contribution is -0.130. The van der Waals surface area contributed by atoms with Gasteiger partial charge in [-0.15, -0.1) is 0 Å². The van der Waals surface area contributed by atoms with Crippen LogP contribution in [0.5, 0.6) is 0 Å². The Morgan fingerprint density at radius 3 is 2.14 bits per heavy atom. The van der Waals surface area contributed by atoms with Crippen molar-refractivity contribution in [2.75, 3.05) is 6.54 Å². The first-order chi connectivity index (χ1) is 10.2. The molecule has 1 rings (SSSR count). The topological polar surface area (TPSA) is 75.8 Å². The number of carbonyl (C=O) groups is 3. The van der Waals surface area contributed by atoms with Crippen molar-refractivity contribution in [1.29, 1.82) is 0 Å². The molecule has 1 saturated heterocycles. The minimum atomic E-state index is -0.629. The maximum Gasteiger partial charge on any atom is 0.223 e. The van der Waals surface area contributed by atoms with E-state index in [1.807, 2.05) is 13.8 Å². The molecule has 22 heavy (non-hydrogen) atoms. The zero-order chi connectivity index (χ0) is 16.9. The van der Waals surface area contributed by atoms with Gasteiger partial charge in [0.05, 0.1) is 0 Å². The van der Waals surface area contributed by atoms with Gasteiger partial charge in [0.15, 0.2) is 11.6 Å². The van der Waals surface area contributed by atoms with E-state index in [0.717, 1.165) is 6.42 Å². The number of hydrogen-bond donors (Lipinski definition) is 1. The minimum absolute atomic E-state index is 0.0669. The van der Waals surface area contributed by atoms with Gasteiger partial charge < -0.3 is 10.1 Å². The predicted molar refractivity (Wildman–Crippen MR) is 84.4 cm³/mol. The van der Waals surface area contributed by atoms with Gasteiger partial charge in [0, 0.05) is 18.9 Å². The monoisotopic (exact) mass is 311 g/mol. The fourth-order valence-corrected chi connectivity index (χ4v) is 2.51. The van der Waals surface area contributed by atoms with Crippen molar-refractivity contribution >= 4 is 17.5 Å². The number of hydrogen-bond acceptors (Lipinski definition) is 4. The third kappa shape index (κ3) is 6.26. The van der Waals surface area contributed by atoms with Crippen molar-refractivity contribution in [3.05, 3.63) is 0 Å². The average molecular weight is 311 g/mol. The van der Waals surface area contributed by atoms with E-state index in [0.29, 0.717) is 24.8 Å². The Kier molecular flexibility index (Phi) is 7.20. The standard InChI is InChI=1S/C17H29NO4/c1-10(2)6-7-18-17(21)13(8-11(3)4)9-14(20)16-15(22-16)12(5)19/h10-11,13,15-16H,6-9H2,1-5H3,(H,18,21)/t13-,15-,16-/m1/s1. The first-order valence-electron chi connectivity index (χ1n) is 8.18. The van der Waals surface area contributed by atoms with E-state index in [9.17, 15) is 14.4 Å². The molecule has 0 bridgehead atoms. The van der Waals surface area contributed by atoms with Crippen LogP contribution in [0.25, 0.3) is 0 Å². The van der Waals surface area contributed by atoms with E-state index in [1.165, 1.54) is 6.92 Å². The van der Waals surface area contributed by atoms with Crippen molar-refractivity contribution in [3.8, 4) is 0 Å². The third-order valence-electron chi connectivity index (χ3n) is 3.80. The molecule has 0 aromatic rings. The molecule has 3 atom stereocenters. The third-order valence-corrected chi connectivity index (χ3v) is 3.80. The number of amides is 1. The molecule has 0 aliphatic carbocycles. The smallest absolute Gasteiger partial charge is 0.223 e. The second-order valence-electron chi connectivity index (χ2n) is 7.06. The van der Waals surface area contributed by atoms with E-state index < -0.39 is 12.2 Å². The van der Waals surface area contributed by atoms with Gasteiger partial charge >= 0.3 is 0 Å². The fraction of sp³-hybridized carbons (Fsp3) is 0.824. The molecular weight excluding hydrogens is 282 g/mol. The predicted octanol–water partition coefficient (Wildman–Crippen LogP) is 2.13. The van der Waals surface area contributed by atoms with Crippen LogP contribution >= 0.6 is 0 Å². The second kappa shape index (κ2) is 8.42. The van der Waals surface area contributed by atoms with Gasteiger partial charge in [-0.05, 0) is 31.6 Å². The Morgan fingerprint density at radius 2 is 1.68 bits per heavy atom. The van der Waals surface area contributed by atoms with Gasteiger partial charge in [-0.3, -0.25) is 14.4 Å². The molecule has 0 unspecified atom stereocenters. The number of Topliss-reactive ketones (excluding diaryl/α,β-unsaturated/α-hetero) is 2. The van der Waals surface area contributed by atoms with Gasteiger partial charge in [-0.25, -0.2) is 0 Å². The summed E-state index contributed by atoms with van der Waals surface area (Å²) in [4.78, 5) is 35.6. The normalized spacial score (nSPS) is 21.8. The Bertz CT molecular complexity index is 417. The second-order valence-corrected chi connectivity index (χ2v) is 7.06. The summed E-state index contributed by atoms with van der Waals surface area (Å²) in [5.41, 5.74) is 0. The van der Waals surface area contributed by atoms with Crippen molar-refractivity contribution in [3.63, 3.8) is 0 Å². The van der Waals surface area contributed by atoms with Crippen LogP contribution in [-0.2, 0) is 19.1 Å². The molecule has 126 valence electrons. The lowest BCUT2D eigenvalue weighted by atomic mass is 9.90. The molecule has 0 saturated carbocycles. The maximum atomic E-state index is 12.3. The Morgan fingerprint density at radius 1 is 1.05 bits per heavy atom. The van der Waals surface area contributed by atoms with Crippen LogP contribution in [0, 0.1) is 17.8 Å². The summed E-state index contributed by atoms with van der Waals surface area (Å²) < 4.78 is 5.11. The molecule has 0 radical (unpaired) electrons. The molecule has 1 N–H and O–H groups in total. The maximum absolute atomic E-state index is 12.3. The number of rotatable bonds is 10. The number of ether oxygens (including phenoxy) is 1. The minimum Gasteiger partial charge on any atom is -0.356 e. The molecular formula is C17H29NO4. The number of epoxide rings is 1. The average Bonchev–Trinajstić information content (AvgIpc) is 3.16. The number of nitrogens with one attached hydrogen (secondary N) is 1. The van der Waals surface area contributed by atoms with Crippen LogP contribution in [0.2, 0.25) is 0 Å². The number of carbonyl (C=O) groups excluding carboxylic acids is 3. The first-order valence-corrected chi connectivity index (χ1v) is 8.18. The summed E-state index contributed by atoms with van der Waals surface area (Å²) in [5.74, 6) is 0.197. The van der Waals surface area contributed by atoms with E-state index in [1.54, 1.807) is 0 Å². The van der Waals surface area contributed by atoms with Gasteiger partial charge in [0.2, 0.25) is 5.91 Å². The molecule has 1 heterocycles. The van der Waals surface area contributed by atoms with Gasteiger partial charge in [-0.1, -0.05) is 27.7 Å². The molecule has 0 aromatic heterocycles. The summed E-state index contributed by atoms with van der Waals surface area (Å²) in [6.07, 6.45) is 0.523. The Labute approximate surface area is 133 Å². The SMILES string of the molecule is CC(=O)[C@H]1O[C@@H]1C(=O)C[C@@H](CC(C)C)C(=O)NCCC(C)C. The highest BCUT2D eigenvalue weighted by Crippen LogP contribution is 2.27. The van der Waals surface area contributed by atoms with E-state index in [4.69, 9.17) is 4.74 Å². The van der Waals surface area contributed by atoms with Gasteiger partial charge in [-0.2, -0.15) is 0 Å². The van der Waals surface area contributed by atoms with E-state index in [-0.39, 0.29) is 29.8 Å². The molecule has 0 spiro atoms. The van der Waals surface area contributed by atoms with Crippen molar-refractivity contribution in [2.24, 2.45) is 17.8 Å². The van der Waals surface area contributed by atoms with Crippen LogP contribution in [0.15, 0.2) is 0 Å². The van der Waals surface area contributed by atoms with Crippen molar-refractivity contribution < 1.29 is 19.1 Å². The van der Waals surface area contributed by atoms with Crippen LogP contribution in [-0.4, -0.2) is 36.2 Å². The van der Waals surface area contributed by atoms with Gasteiger partial charge in [0.25, 0.3) is 0 Å². The van der Waals surface area contributed by atoms with Crippen LogP contribution in [0.1, 0.15) is 53.9 Å². The number of ketones is 2. The molecule has 1 aliphatic heterocycles. The largest absolute Gasteiger partial charge is 0.356 e. The van der Waals surface area contributed by atoms with Gasteiger partial charge in [0.1, 0.15) is 12.2 Å². The zero-order valence-corrected chi connectivity index (χ0v) is 14.3. The molecule has 0 aromatic carbocycles. The highest BCUT2D eigenvalue weighted by molar-refractivity contribution is 5.97. The Hall–Kier alpha value is -1.23. The fourth-order valence-electron chi connectivity index (χ4n) is 2.51. The van der Waals surface area contributed by atoms with Crippen LogP contribution < -0.4 is 5.32 Å². The zero-order valence-electron chi connectivity index (χ0n) is 14.3. The summed E-state index contributed by atoms with van der Waals surface area (Å²) in [7, 11) is 0. The van der Waals surface area contributed by atoms with E-state index in [2.05, 4.69) is 19.2 Å². The van der Waals surface area contributed by atoms with Crippen LogP contribution in [0.3, 0.4) is 0 Å². The highest BCUT2D eigenvalue weighted by atomic mass is 16.6. The lowest BCUT2D eigenvalue weighted by Crippen LogP contribution is -2.34.